The van der Waals surface area contributed by atoms with Gasteiger partial charge in [-0.15, -0.1) is 0 Å². The summed E-state index contributed by atoms with van der Waals surface area (Å²) in [5, 5.41) is 16.8. The molecular weight excluding hydrogens is 338 g/mol. The molecule has 114 valence electrons. The Morgan fingerprint density at radius 3 is 2.81 bits per heavy atom. The quantitative estimate of drug-likeness (QED) is 0.627. The first kappa shape index (κ1) is 15.9. The number of nitro benzene ring substituents is 1. The van der Waals surface area contributed by atoms with Crippen LogP contribution in [-0.2, 0) is 4.79 Å². The summed E-state index contributed by atoms with van der Waals surface area (Å²) < 4.78 is 0.642. The molecule has 21 heavy (non-hydrogen) atoms. The van der Waals surface area contributed by atoms with Crippen LogP contribution in [0.4, 0.5) is 11.4 Å². The summed E-state index contributed by atoms with van der Waals surface area (Å²) in [5.41, 5.74) is 0.409. The third kappa shape index (κ3) is 4.78. The molecule has 1 aromatic rings. The van der Waals surface area contributed by atoms with Gasteiger partial charge in [-0.1, -0.05) is 0 Å². The van der Waals surface area contributed by atoms with Crippen molar-refractivity contribution in [1.82, 2.24) is 5.32 Å². The van der Waals surface area contributed by atoms with Gasteiger partial charge < -0.3 is 10.6 Å². The van der Waals surface area contributed by atoms with Crippen molar-refractivity contribution < 1.29 is 9.72 Å². The van der Waals surface area contributed by atoms with E-state index in [1.54, 1.807) is 6.07 Å². The Morgan fingerprint density at radius 2 is 2.14 bits per heavy atom. The van der Waals surface area contributed by atoms with E-state index in [0.717, 1.165) is 32.4 Å². The second-order valence-corrected chi connectivity index (χ2v) is 6.06. The van der Waals surface area contributed by atoms with Crippen molar-refractivity contribution in [3.63, 3.8) is 0 Å². The number of hydrogen-bond donors (Lipinski definition) is 2. The SMILES string of the molecule is O=C(CCC1CCNCC1)Nc1cc([N+](=O)[O-])ccc1Br. The Hall–Kier alpha value is -1.47. The number of amides is 1. The van der Waals surface area contributed by atoms with Gasteiger partial charge in [0.2, 0.25) is 5.91 Å². The minimum Gasteiger partial charge on any atom is -0.325 e. The minimum atomic E-state index is -0.475. The highest BCUT2D eigenvalue weighted by Gasteiger charge is 2.16. The van der Waals surface area contributed by atoms with Crippen molar-refractivity contribution in [3.05, 3.63) is 32.8 Å². The molecule has 0 unspecified atom stereocenters. The molecule has 0 bridgehead atoms. The number of hydrogen-bond acceptors (Lipinski definition) is 4. The lowest BCUT2D eigenvalue weighted by atomic mass is 9.93. The van der Waals surface area contributed by atoms with E-state index in [1.165, 1.54) is 12.1 Å². The van der Waals surface area contributed by atoms with Crippen molar-refractivity contribution >= 4 is 33.2 Å². The van der Waals surface area contributed by atoms with E-state index >= 15 is 0 Å². The van der Waals surface area contributed by atoms with Crippen molar-refractivity contribution in [2.24, 2.45) is 5.92 Å². The summed E-state index contributed by atoms with van der Waals surface area (Å²) >= 11 is 3.29. The van der Waals surface area contributed by atoms with Gasteiger partial charge in [-0.25, -0.2) is 0 Å². The first-order valence-corrected chi connectivity index (χ1v) is 7.80. The fraction of sp³-hybridized carbons (Fsp3) is 0.500. The number of benzene rings is 1. The molecule has 0 atom stereocenters. The number of halogens is 1. The molecular formula is C14H18BrN3O3. The lowest BCUT2D eigenvalue weighted by Crippen LogP contribution is -2.28. The van der Waals surface area contributed by atoms with Gasteiger partial charge in [-0.3, -0.25) is 14.9 Å². The second-order valence-electron chi connectivity index (χ2n) is 5.20. The maximum atomic E-state index is 12.0. The minimum absolute atomic E-state index is 0.0353. The largest absolute Gasteiger partial charge is 0.325 e. The highest BCUT2D eigenvalue weighted by molar-refractivity contribution is 9.10. The van der Waals surface area contributed by atoms with Crippen LogP contribution in [0, 0.1) is 16.0 Å². The van der Waals surface area contributed by atoms with Gasteiger partial charge in [0.15, 0.2) is 0 Å². The molecule has 0 aliphatic carbocycles. The van der Waals surface area contributed by atoms with E-state index in [1.807, 2.05) is 0 Å². The second kappa shape index (κ2) is 7.51. The van der Waals surface area contributed by atoms with Crippen molar-refractivity contribution in [2.45, 2.75) is 25.7 Å². The van der Waals surface area contributed by atoms with Gasteiger partial charge in [0.1, 0.15) is 0 Å². The number of carbonyl (C=O) groups is 1. The van der Waals surface area contributed by atoms with Gasteiger partial charge >= 0.3 is 0 Å². The van der Waals surface area contributed by atoms with Crippen molar-refractivity contribution in [1.29, 1.82) is 0 Å². The van der Waals surface area contributed by atoms with E-state index in [-0.39, 0.29) is 11.6 Å². The summed E-state index contributed by atoms with van der Waals surface area (Å²) in [4.78, 5) is 22.3. The summed E-state index contributed by atoms with van der Waals surface area (Å²) in [7, 11) is 0. The molecule has 7 heteroatoms. The molecule has 0 aromatic heterocycles. The zero-order chi connectivity index (χ0) is 15.2. The van der Waals surface area contributed by atoms with Gasteiger partial charge in [-0.05, 0) is 60.3 Å². The van der Waals surface area contributed by atoms with Crippen LogP contribution in [0.15, 0.2) is 22.7 Å². The third-order valence-corrected chi connectivity index (χ3v) is 4.36. The fourth-order valence-electron chi connectivity index (χ4n) is 2.44. The van der Waals surface area contributed by atoms with Gasteiger partial charge in [-0.2, -0.15) is 0 Å². The molecule has 1 fully saturated rings. The zero-order valence-corrected chi connectivity index (χ0v) is 13.2. The number of carbonyl (C=O) groups excluding carboxylic acids is 1. The third-order valence-electron chi connectivity index (χ3n) is 3.67. The fourth-order valence-corrected chi connectivity index (χ4v) is 2.79. The van der Waals surface area contributed by atoms with Crippen LogP contribution in [0.5, 0.6) is 0 Å². The Labute approximate surface area is 131 Å². The molecule has 1 aromatic carbocycles. The molecule has 1 amide bonds. The number of nitrogens with zero attached hydrogens (tertiary/aromatic N) is 1. The lowest BCUT2D eigenvalue weighted by Gasteiger charge is -2.22. The van der Waals surface area contributed by atoms with Gasteiger partial charge in [0.05, 0.1) is 10.6 Å². The Balaban J connectivity index is 1.89. The first-order valence-electron chi connectivity index (χ1n) is 7.01. The molecule has 0 saturated carbocycles. The van der Waals surface area contributed by atoms with E-state index in [9.17, 15) is 14.9 Å². The van der Waals surface area contributed by atoms with Gasteiger partial charge in [0.25, 0.3) is 5.69 Å². The van der Waals surface area contributed by atoms with E-state index < -0.39 is 4.92 Å². The van der Waals surface area contributed by atoms with E-state index in [0.29, 0.717) is 22.5 Å². The number of anilines is 1. The number of non-ortho nitro benzene ring substituents is 1. The molecule has 2 N–H and O–H groups in total. The summed E-state index contributed by atoms with van der Waals surface area (Å²) in [5.74, 6) is 0.486. The summed E-state index contributed by atoms with van der Waals surface area (Å²) in [6.07, 6.45) is 3.52. The maximum Gasteiger partial charge on any atom is 0.271 e. The standard InChI is InChI=1S/C14H18BrN3O3/c15-12-3-2-11(18(20)21)9-13(12)17-14(19)4-1-10-5-7-16-8-6-10/h2-3,9-10,16H,1,4-8H2,(H,17,19). The van der Waals surface area contributed by atoms with Crippen LogP contribution < -0.4 is 10.6 Å². The molecule has 0 radical (unpaired) electrons. The monoisotopic (exact) mass is 355 g/mol. The zero-order valence-electron chi connectivity index (χ0n) is 11.6. The topological polar surface area (TPSA) is 84.3 Å². The average Bonchev–Trinajstić information content (AvgIpc) is 2.48. The van der Waals surface area contributed by atoms with Crippen LogP contribution in [0.2, 0.25) is 0 Å². The summed E-state index contributed by atoms with van der Waals surface area (Å²) in [6.45, 7) is 2.03. The molecule has 1 aliphatic heterocycles. The highest BCUT2D eigenvalue weighted by atomic mass is 79.9. The highest BCUT2D eigenvalue weighted by Crippen LogP contribution is 2.27. The molecule has 1 saturated heterocycles. The Morgan fingerprint density at radius 1 is 1.43 bits per heavy atom. The predicted molar refractivity (Wildman–Crippen MR) is 84.3 cm³/mol. The molecule has 0 spiro atoms. The van der Waals surface area contributed by atoms with Crippen LogP contribution in [0.25, 0.3) is 0 Å². The van der Waals surface area contributed by atoms with E-state index in [4.69, 9.17) is 0 Å². The average molecular weight is 356 g/mol. The predicted octanol–water partition coefficient (Wildman–Crippen LogP) is 3.08. The van der Waals surface area contributed by atoms with E-state index in [2.05, 4.69) is 26.6 Å². The normalized spacial score (nSPS) is 15.7. The number of nitro groups is 1. The lowest BCUT2D eigenvalue weighted by molar-refractivity contribution is -0.384. The molecule has 6 nitrogen and oxygen atoms in total. The first-order chi connectivity index (χ1) is 10.1. The van der Waals surface area contributed by atoms with Crippen LogP contribution >= 0.6 is 15.9 Å². The Bertz CT molecular complexity index is 530. The Kier molecular flexibility index (Phi) is 5.69. The van der Waals surface area contributed by atoms with Gasteiger partial charge in [0, 0.05) is 23.0 Å². The summed E-state index contributed by atoms with van der Waals surface area (Å²) in [6, 6.07) is 4.34. The van der Waals surface area contributed by atoms with Crippen LogP contribution in [-0.4, -0.2) is 23.9 Å². The van der Waals surface area contributed by atoms with Crippen LogP contribution in [0.1, 0.15) is 25.7 Å². The smallest absolute Gasteiger partial charge is 0.271 e. The van der Waals surface area contributed by atoms with Crippen molar-refractivity contribution in [2.75, 3.05) is 18.4 Å². The maximum absolute atomic E-state index is 12.0. The van der Waals surface area contributed by atoms with Crippen LogP contribution in [0.3, 0.4) is 0 Å². The number of nitrogens with one attached hydrogen (secondary N) is 2. The number of rotatable bonds is 5. The number of piperidine rings is 1. The van der Waals surface area contributed by atoms with Crippen molar-refractivity contribution in [3.8, 4) is 0 Å². The molecule has 1 aliphatic rings. The molecule has 1 heterocycles. The molecule has 2 rings (SSSR count).